The molecule has 120 valence electrons. The third-order valence-corrected chi connectivity index (χ3v) is 3.62. The molecular formula is C16H14Cl2N2O3. The molecule has 0 bridgehead atoms. The van der Waals surface area contributed by atoms with E-state index in [1.54, 1.807) is 42.5 Å². The molecule has 2 rings (SSSR count). The highest BCUT2D eigenvalue weighted by Gasteiger charge is 2.14. The van der Waals surface area contributed by atoms with Crippen molar-refractivity contribution >= 4 is 40.7 Å². The molecule has 2 amide bonds. The van der Waals surface area contributed by atoms with E-state index < -0.39 is 11.8 Å². The second kappa shape index (κ2) is 7.85. The minimum Gasteiger partial charge on any atom is -0.496 e. The Hall–Kier alpha value is -2.24. The number of rotatable bonds is 5. The van der Waals surface area contributed by atoms with Gasteiger partial charge in [0.2, 0.25) is 5.91 Å². The second-order valence-corrected chi connectivity index (χ2v) is 5.34. The van der Waals surface area contributed by atoms with Crippen molar-refractivity contribution in [3.05, 3.63) is 58.1 Å². The van der Waals surface area contributed by atoms with Gasteiger partial charge in [-0.3, -0.25) is 9.59 Å². The fourth-order valence-corrected chi connectivity index (χ4v) is 2.38. The summed E-state index contributed by atoms with van der Waals surface area (Å²) in [6.07, 6.45) is 0. The van der Waals surface area contributed by atoms with Crippen LogP contribution >= 0.6 is 23.2 Å². The van der Waals surface area contributed by atoms with Gasteiger partial charge >= 0.3 is 0 Å². The predicted molar refractivity (Wildman–Crippen MR) is 90.4 cm³/mol. The Bertz CT molecular complexity index is 715. The van der Waals surface area contributed by atoms with Crippen LogP contribution in [0.5, 0.6) is 5.75 Å². The van der Waals surface area contributed by atoms with Gasteiger partial charge in [0.25, 0.3) is 5.91 Å². The van der Waals surface area contributed by atoms with E-state index in [1.165, 1.54) is 7.11 Å². The van der Waals surface area contributed by atoms with Crippen LogP contribution in [-0.2, 0) is 4.79 Å². The van der Waals surface area contributed by atoms with Crippen molar-refractivity contribution in [2.75, 3.05) is 19.0 Å². The third-order valence-electron chi connectivity index (χ3n) is 2.99. The summed E-state index contributed by atoms with van der Waals surface area (Å²) in [5.74, 6) is -0.425. The molecule has 0 saturated carbocycles. The van der Waals surface area contributed by atoms with Gasteiger partial charge in [0, 0.05) is 0 Å². The van der Waals surface area contributed by atoms with E-state index in [4.69, 9.17) is 27.9 Å². The number of amides is 2. The van der Waals surface area contributed by atoms with E-state index in [2.05, 4.69) is 10.6 Å². The van der Waals surface area contributed by atoms with E-state index in [0.717, 1.165) is 0 Å². The maximum Gasteiger partial charge on any atom is 0.255 e. The smallest absolute Gasteiger partial charge is 0.255 e. The second-order valence-electron chi connectivity index (χ2n) is 4.53. The number of para-hydroxylation sites is 2. The molecule has 0 aromatic heterocycles. The molecule has 5 nitrogen and oxygen atoms in total. The highest BCUT2D eigenvalue weighted by atomic mass is 35.5. The molecular weight excluding hydrogens is 339 g/mol. The number of hydrogen-bond donors (Lipinski definition) is 2. The SMILES string of the molecule is COc1ccccc1C(=O)NCC(=O)Nc1c(Cl)cccc1Cl. The number of ether oxygens (including phenoxy) is 1. The lowest BCUT2D eigenvalue weighted by Crippen LogP contribution is -2.33. The molecule has 0 saturated heterocycles. The molecule has 2 N–H and O–H groups in total. The highest BCUT2D eigenvalue weighted by molar-refractivity contribution is 6.39. The van der Waals surface area contributed by atoms with Crippen molar-refractivity contribution in [1.82, 2.24) is 5.32 Å². The maximum atomic E-state index is 12.1. The van der Waals surface area contributed by atoms with Crippen molar-refractivity contribution in [2.45, 2.75) is 0 Å². The van der Waals surface area contributed by atoms with Crippen molar-refractivity contribution < 1.29 is 14.3 Å². The largest absolute Gasteiger partial charge is 0.496 e. The number of benzene rings is 2. The average molecular weight is 353 g/mol. The molecule has 0 atom stereocenters. The van der Waals surface area contributed by atoms with Crippen LogP contribution < -0.4 is 15.4 Å². The number of methoxy groups -OCH3 is 1. The molecule has 0 aliphatic heterocycles. The quantitative estimate of drug-likeness (QED) is 0.866. The monoisotopic (exact) mass is 352 g/mol. The van der Waals surface area contributed by atoms with Crippen molar-refractivity contribution in [3.8, 4) is 5.75 Å². The number of nitrogens with one attached hydrogen (secondary N) is 2. The van der Waals surface area contributed by atoms with Gasteiger partial charge in [0.15, 0.2) is 0 Å². The lowest BCUT2D eigenvalue weighted by Gasteiger charge is -2.11. The Morgan fingerprint density at radius 3 is 2.35 bits per heavy atom. The molecule has 23 heavy (non-hydrogen) atoms. The van der Waals surface area contributed by atoms with Crippen LogP contribution in [-0.4, -0.2) is 25.5 Å². The summed E-state index contributed by atoms with van der Waals surface area (Å²) in [5.41, 5.74) is 0.658. The van der Waals surface area contributed by atoms with Crippen LogP contribution in [0, 0.1) is 0 Å². The van der Waals surface area contributed by atoms with E-state index in [9.17, 15) is 9.59 Å². The highest BCUT2D eigenvalue weighted by Crippen LogP contribution is 2.29. The summed E-state index contributed by atoms with van der Waals surface area (Å²) in [6.45, 7) is -0.224. The van der Waals surface area contributed by atoms with E-state index >= 15 is 0 Å². The van der Waals surface area contributed by atoms with Crippen LogP contribution in [0.1, 0.15) is 10.4 Å². The topological polar surface area (TPSA) is 67.4 Å². The zero-order valence-corrected chi connectivity index (χ0v) is 13.7. The fraction of sp³-hybridized carbons (Fsp3) is 0.125. The summed E-state index contributed by atoms with van der Waals surface area (Å²) in [4.78, 5) is 24.0. The third kappa shape index (κ3) is 4.37. The summed E-state index contributed by atoms with van der Waals surface area (Å²) >= 11 is 11.9. The molecule has 2 aromatic carbocycles. The van der Waals surface area contributed by atoms with E-state index in [0.29, 0.717) is 27.0 Å². The molecule has 0 aliphatic carbocycles. The van der Waals surface area contributed by atoms with Crippen LogP contribution in [0.3, 0.4) is 0 Å². The number of halogens is 2. The molecule has 0 fully saturated rings. The number of carbonyl (C=O) groups excluding carboxylic acids is 2. The van der Waals surface area contributed by atoms with Crippen LogP contribution in [0.25, 0.3) is 0 Å². The minimum absolute atomic E-state index is 0.224. The van der Waals surface area contributed by atoms with Crippen molar-refractivity contribution in [2.24, 2.45) is 0 Å². The van der Waals surface area contributed by atoms with E-state index in [1.807, 2.05) is 0 Å². The Labute approximate surface area is 143 Å². The van der Waals surface area contributed by atoms with Gasteiger partial charge in [-0.25, -0.2) is 0 Å². The molecule has 0 unspecified atom stereocenters. The minimum atomic E-state index is -0.441. The fourth-order valence-electron chi connectivity index (χ4n) is 1.89. The van der Waals surface area contributed by atoms with Gasteiger partial charge in [-0.1, -0.05) is 41.4 Å². The number of anilines is 1. The molecule has 0 spiro atoms. The Morgan fingerprint density at radius 2 is 1.70 bits per heavy atom. The number of carbonyl (C=O) groups is 2. The van der Waals surface area contributed by atoms with Crippen LogP contribution in [0.2, 0.25) is 10.0 Å². The molecule has 7 heteroatoms. The van der Waals surface area contributed by atoms with Gasteiger partial charge < -0.3 is 15.4 Å². The first-order valence-electron chi connectivity index (χ1n) is 6.68. The summed E-state index contributed by atoms with van der Waals surface area (Å²) < 4.78 is 5.10. The summed E-state index contributed by atoms with van der Waals surface area (Å²) in [6, 6.07) is 11.6. The summed E-state index contributed by atoms with van der Waals surface area (Å²) in [5, 5.41) is 5.72. The van der Waals surface area contributed by atoms with Crippen molar-refractivity contribution in [3.63, 3.8) is 0 Å². The van der Waals surface area contributed by atoms with E-state index in [-0.39, 0.29) is 6.54 Å². The molecule has 0 radical (unpaired) electrons. The predicted octanol–water partition coefficient (Wildman–Crippen LogP) is 3.37. The maximum absolute atomic E-state index is 12.1. The Morgan fingerprint density at radius 1 is 1.04 bits per heavy atom. The van der Waals surface area contributed by atoms with Gasteiger partial charge in [-0.05, 0) is 24.3 Å². The lowest BCUT2D eigenvalue weighted by molar-refractivity contribution is -0.115. The first-order chi connectivity index (χ1) is 11.0. The summed E-state index contributed by atoms with van der Waals surface area (Å²) in [7, 11) is 1.47. The lowest BCUT2D eigenvalue weighted by atomic mass is 10.2. The Kier molecular flexibility index (Phi) is 5.84. The zero-order chi connectivity index (χ0) is 16.8. The van der Waals surface area contributed by atoms with Gasteiger partial charge in [0.1, 0.15) is 5.75 Å². The van der Waals surface area contributed by atoms with Crippen LogP contribution in [0.15, 0.2) is 42.5 Å². The van der Waals surface area contributed by atoms with Gasteiger partial charge in [0.05, 0.1) is 35.0 Å². The first-order valence-corrected chi connectivity index (χ1v) is 7.43. The van der Waals surface area contributed by atoms with Gasteiger partial charge in [-0.15, -0.1) is 0 Å². The molecule has 2 aromatic rings. The molecule has 0 heterocycles. The normalized spacial score (nSPS) is 10.0. The molecule has 0 aliphatic rings. The first kappa shape index (κ1) is 17.1. The van der Waals surface area contributed by atoms with Crippen LogP contribution in [0.4, 0.5) is 5.69 Å². The number of hydrogen-bond acceptors (Lipinski definition) is 3. The standard InChI is InChI=1S/C16H14Cl2N2O3/c1-23-13-8-3-2-5-10(13)16(22)19-9-14(21)20-15-11(17)6-4-7-12(15)18/h2-8H,9H2,1H3,(H,19,22)(H,20,21). The Balaban J connectivity index is 1.98. The van der Waals surface area contributed by atoms with Crippen molar-refractivity contribution in [1.29, 1.82) is 0 Å². The average Bonchev–Trinajstić information content (AvgIpc) is 2.56. The zero-order valence-electron chi connectivity index (χ0n) is 12.2. The van der Waals surface area contributed by atoms with Gasteiger partial charge in [-0.2, -0.15) is 0 Å².